The molecule has 0 N–H and O–H groups in total. The van der Waals surface area contributed by atoms with Crippen LogP contribution in [0.4, 0.5) is 0 Å². The fourth-order valence-corrected chi connectivity index (χ4v) is 2.71. The monoisotopic (exact) mass is 273 g/mol. The van der Waals surface area contributed by atoms with Gasteiger partial charge in [0.2, 0.25) is 10.0 Å². The Morgan fingerprint density at radius 1 is 1.22 bits per heavy atom. The predicted molar refractivity (Wildman–Crippen MR) is 69.1 cm³/mol. The molecule has 5 nitrogen and oxygen atoms in total. The molecule has 0 aliphatic rings. The predicted octanol–water partition coefficient (Wildman–Crippen LogP) is 1.70. The van der Waals surface area contributed by atoms with Gasteiger partial charge in [-0.15, -0.1) is 0 Å². The van der Waals surface area contributed by atoms with Gasteiger partial charge in [-0.1, -0.05) is 6.92 Å². The molecular weight excluding hydrogens is 254 g/mol. The first-order valence-electron chi connectivity index (χ1n) is 5.70. The van der Waals surface area contributed by atoms with Gasteiger partial charge < -0.3 is 9.47 Å². The second-order valence-corrected chi connectivity index (χ2v) is 5.89. The average Bonchev–Trinajstić information content (AvgIpc) is 2.37. The molecule has 0 atom stereocenters. The third-order valence-corrected chi connectivity index (χ3v) is 4.28. The zero-order valence-electron chi connectivity index (χ0n) is 10.9. The van der Waals surface area contributed by atoms with Crippen LogP contribution in [0.5, 0.6) is 5.75 Å². The molecule has 0 unspecified atom stereocenters. The molecule has 0 saturated heterocycles. The number of ether oxygens (including phenoxy) is 2. The molecule has 0 saturated carbocycles. The first-order valence-corrected chi connectivity index (χ1v) is 7.14. The Morgan fingerprint density at radius 3 is 2.33 bits per heavy atom. The van der Waals surface area contributed by atoms with Gasteiger partial charge in [-0.25, -0.2) is 12.7 Å². The Bertz CT molecular complexity index is 455. The number of rotatable bonds is 7. The summed E-state index contributed by atoms with van der Waals surface area (Å²) in [5.41, 5.74) is 0. The summed E-state index contributed by atoms with van der Waals surface area (Å²) in [4.78, 5) is 0.267. The van der Waals surface area contributed by atoms with Crippen molar-refractivity contribution < 1.29 is 17.9 Å². The fraction of sp³-hybridized carbons (Fsp3) is 0.500. The van der Waals surface area contributed by atoms with Crippen molar-refractivity contribution in [2.75, 3.05) is 27.5 Å². The summed E-state index contributed by atoms with van der Waals surface area (Å²) in [7, 11) is -0.288. The van der Waals surface area contributed by atoms with E-state index >= 15 is 0 Å². The van der Waals surface area contributed by atoms with Gasteiger partial charge in [-0.2, -0.15) is 0 Å². The molecule has 0 heterocycles. The molecule has 0 aliphatic carbocycles. The molecule has 18 heavy (non-hydrogen) atoms. The van der Waals surface area contributed by atoms with Crippen LogP contribution in [0.25, 0.3) is 0 Å². The van der Waals surface area contributed by atoms with Crippen molar-refractivity contribution in [2.45, 2.75) is 18.2 Å². The number of hydrogen-bond donors (Lipinski definition) is 0. The highest BCUT2D eigenvalue weighted by molar-refractivity contribution is 7.89. The topological polar surface area (TPSA) is 55.8 Å². The summed E-state index contributed by atoms with van der Waals surface area (Å²) >= 11 is 0. The van der Waals surface area contributed by atoms with Crippen LogP contribution in [0, 0.1) is 0 Å². The lowest BCUT2D eigenvalue weighted by Crippen LogP contribution is -2.27. The van der Waals surface area contributed by atoms with Crippen LogP contribution in [0.3, 0.4) is 0 Å². The van der Waals surface area contributed by atoms with Crippen LogP contribution in [0.1, 0.15) is 13.3 Å². The maximum Gasteiger partial charge on any atom is 0.242 e. The average molecular weight is 273 g/mol. The minimum absolute atomic E-state index is 0.141. The molecule has 1 aromatic rings. The Kier molecular flexibility index (Phi) is 5.58. The van der Waals surface area contributed by atoms with Gasteiger partial charge in [0.1, 0.15) is 5.75 Å². The standard InChI is InChI=1S/C12H19NO4S/c1-4-9-13(2)18(14,15)12-7-5-11(6-8-12)17-10-16-3/h5-8H,4,9-10H2,1-3H3. The molecule has 0 spiro atoms. The van der Waals surface area contributed by atoms with E-state index in [4.69, 9.17) is 9.47 Å². The summed E-state index contributed by atoms with van der Waals surface area (Å²) < 4.78 is 35.5. The second-order valence-electron chi connectivity index (χ2n) is 3.85. The van der Waals surface area contributed by atoms with Crippen LogP contribution >= 0.6 is 0 Å². The molecule has 0 aromatic heterocycles. The highest BCUT2D eigenvalue weighted by atomic mass is 32.2. The largest absolute Gasteiger partial charge is 0.468 e. The number of methoxy groups -OCH3 is 1. The van der Waals surface area contributed by atoms with Gasteiger partial charge in [0.15, 0.2) is 6.79 Å². The van der Waals surface area contributed by atoms with Crippen LogP contribution in [0.15, 0.2) is 29.2 Å². The van der Waals surface area contributed by atoms with Crippen molar-refractivity contribution in [3.05, 3.63) is 24.3 Å². The van der Waals surface area contributed by atoms with E-state index in [1.807, 2.05) is 6.92 Å². The molecule has 0 aliphatic heterocycles. The first kappa shape index (κ1) is 14.9. The van der Waals surface area contributed by atoms with Crippen LogP contribution in [-0.4, -0.2) is 40.2 Å². The molecule has 1 rings (SSSR count). The molecule has 6 heteroatoms. The Hall–Kier alpha value is -1.11. The molecule has 0 bridgehead atoms. The van der Waals surface area contributed by atoms with Gasteiger partial charge in [-0.05, 0) is 30.7 Å². The van der Waals surface area contributed by atoms with E-state index in [2.05, 4.69) is 0 Å². The van der Waals surface area contributed by atoms with Crippen molar-refractivity contribution in [1.29, 1.82) is 0 Å². The summed E-state index contributed by atoms with van der Waals surface area (Å²) in [6, 6.07) is 6.30. The molecule has 1 aromatic carbocycles. The summed E-state index contributed by atoms with van der Waals surface area (Å²) in [5, 5.41) is 0. The highest BCUT2D eigenvalue weighted by Crippen LogP contribution is 2.18. The van der Waals surface area contributed by atoms with E-state index < -0.39 is 10.0 Å². The van der Waals surface area contributed by atoms with Crippen molar-refractivity contribution in [3.63, 3.8) is 0 Å². The van der Waals surface area contributed by atoms with Crippen molar-refractivity contribution >= 4 is 10.0 Å². The van der Waals surface area contributed by atoms with Gasteiger partial charge in [0.05, 0.1) is 4.90 Å². The number of hydrogen-bond acceptors (Lipinski definition) is 4. The minimum Gasteiger partial charge on any atom is -0.468 e. The minimum atomic E-state index is -3.39. The van der Waals surface area contributed by atoms with E-state index in [1.165, 1.54) is 23.5 Å². The number of nitrogens with zero attached hydrogens (tertiary/aromatic N) is 1. The molecule has 0 fully saturated rings. The molecular formula is C12H19NO4S. The lowest BCUT2D eigenvalue weighted by atomic mass is 10.3. The van der Waals surface area contributed by atoms with Crippen LogP contribution < -0.4 is 4.74 Å². The maximum absolute atomic E-state index is 12.1. The van der Waals surface area contributed by atoms with E-state index in [1.54, 1.807) is 19.2 Å². The quantitative estimate of drug-likeness (QED) is 0.710. The van der Waals surface area contributed by atoms with Crippen molar-refractivity contribution in [1.82, 2.24) is 4.31 Å². The zero-order valence-corrected chi connectivity index (χ0v) is 11.7. The summed E-state index contributed by atoms with van der Waals surface area (Å²) in [6.07, 6.45) is 0.783. The lowest BCUT2D eigenvalue weighted by molar-refractivity contribution is 0.0511. The van der Waals surface area contributed by atoms with Gasteiger partial charge >= 0.3 is 0 Å². The maximum atomic E-state index is 12.1. The normalized spacial score (nSPS) is 11.8. The first-order chi connectivity index (χ1) is 8.52. The molecule has 0 radical (unpaired) electrons. The van der Waals surface area contributed by atoms with Crippen molar-refractivity contribution in [3.8, 4) is 5.75 Å². The third-order valence-electron chi connectivity index (χ3n) is 2.41. The highest BCUT2D eigenvalue weighted by Gasteiger charge is 2.19. The van der Waals surface area contributed by atoms with Crippen LogP contribution in [-0.2, 0) is 14.8 Å². The van der Waals surface area contributed by atoms with E-state index in [0.717, 1.165) is 6.42 Å². The van der Waals surface area contributed by atoms with E-state index in [0.29, 0.717) is 12.3 Å². The van der Waals surface area contributed by atoms with Gasteiger partial charge in [0, 0.05) is 20.7 Å². The van der Waals surface area contributed by atoms with Crippen LogP contribution in [0.2, 0.25) is 0 Å². The Balaban J connectivity index is 2.84. The van der Waals surface area contributed by atoms with Gasteiger partial charge in [-0.3, -0.25) is 0 Å². The Labute approximate surface area is 108 Å². The third kappa shape index (κ3) is 3.69. The number of sulfonamides is 1. The zero-order chi connectivity index (χ0) is 13.6. The fourth-order valence-electron chi connectivity index (χ4n) is 1.45. The van der Waals surface area contributed by atoms with E-state index in [9.17, 15) is 8.42 Å². The molecule has 102 valence electrons. The van der Waals surface area contributed by atoms with Gasteiger partial charge in [0.25, 0.3) is 0 Å². The van der Waals surface area contributed by atoms with E-state index in [-0.39, 0.29) is 11.7 Å². The number of benzene rings is 1. The summed E-state index contributed by atoms with van der Waals surface area (Å²) in [5.74, 6) is 0.578. The Morgan fingerprint density at radius 2 is 1.83 bits per heavy atom. The summed E-state index contributed by atoms with van der Waals surface area (Å²) in [6.45, 7) is 2.58. The SMILES string of the molecule is CCCN(C)S(=O)(=O)c1ccc(OCOC)cc1. The lowest BCUT2D eigenvalue weighted by Gasteiger charge is -2.16. The van der Waals surface area contributed by atoms with Crippen molar-refractivity contribution in [2.24, 2.45) is 0 Å². The smallest absolute Gasteiger partial charge is 0.242 e. The molecule has 0 amide bonds. The second kappa shape index (κ2) is 6.72.